The Kier molecular flexibility index (Phi) is 5.12. The van der Waals surface area contributed by atoms with E-state index in [1.165, 1.54) is 12.1 Å². The van der Waals surface area contributed by atoms with Crippen molar-refractivity contribution in [2.45, 2.75) is 11.8 Å². The second-order valence-electron chi connectivity index (χ2n) is 3.38. The van der Waals surface area contributed by atoms with Crippen LogP contribution in [0.1, 0.15) is 6.92 Å². The van der Waals surface area contributed by atoms with E-state index in [-0.39, 0.29) is 23.2 Å². The molecule has 8 heteroatoms. The molecule has 1 rings (SSSR count). The Morgan fingerprint density at radius 3 is 2.72 bits per heavy atom. The second-order valence-corrected chi connectivity index (χ2v) is 5.82. The van der Waals surface area contributed by atoms with Crippen LogP contribution in [0.15, 0.2) is 27.6 Å². The van der Waals surface area contributed by atoms with Gasteiger partial charge in [-0.3, -0.25) is 4.79 Å². The summed E-state index contributed by atoms with van der Waals surface area (Å²) in [6.07, 6.45) is 0. The number of ether oxygens (including phenoxy) is 1. The minimum Gasteiger partial charge on any atom is -0.482 e. The summed E-state index contributed by atoms with van der Waals surface area (Å²) >= 11 is 3.14. The smallest absolute Gasteiger partial charge is 0.257 e. The Labute approximate surface area is 114 Å². The topological polar surface area (TPSA) is 98.5 Å². The highest BCUT2D eigenvalue weighted by Gasteiger charge is 2.16. The van der Waals surface area contributed by atoms with E-state index in [1.54, 1.807) is 13.0 Å². The fourth-order valence-electron chi connectivity index (χ4n) is 1.21. The largest absolute Gasteiger partial charge is 0.482 e. The van der Waals surface area contributed by atoms with Crippen LogP contribution >= 0.6 is 15.9 Å². The van der Waals surface area contributed by atoms with Gasteiger partial charge in [-0.1, -0.05) is 15.9 Å². The number of sulfonamides is 1. The van der Waals surface area contributed by atoms with Crippen LogP contribution < -0.4 is 15.2 Å². The maximum atomic E-state index is 11.4. The van der Waals surface area contributed by atoms with Crippen molar-refractivity contribution in [1.29, 1.82) is 0 Å². The van der Waals surface area contributed by atoms with E-state index in [0.717, 1.165) is 0 Å². The van der Waals surface area contributed by atoms with Crippen molar-refractivity contribution in [3.8, 4) is 5.75 Å². The SMILES string of the molecule is CCNC(=O)COc1ccc(Br)cc1S(N)(=O)=O. The summed E-state index contributed by atoms with van der Waals surface area (Å²) in [5.41, 5.74) is 0. The molecule has 3 N–H and O–H groups in total. The van der Waals surface area contributed by atoms with Crippen molar-refractivity contribution in [3.05, 3.63) is 22.7 Å². The lowest BCUT2D eigenvalue weighted by Gasteiger charge is -2.10. The molecule has 6 nitrogen and oxygen atoms in total. The van der Waals surface area contributed by atoms with Gasteiger partial charge in [-0.15, -0.1) is 0 Å². The number of rotatable bonds is 5. The first kappa shape index (κ1) is 14.9. The molecule has 0 aliphatic heterocycles. The number of nitrogens with one attached hydrogen (secondary N) is 1. The van der Waals surface area contributed by atoms with Crippen LogP contribution in [0.4, 0.5) is 0 Å². The van der Waals surface area contributed by atoms with Gasteiger partial charge in [0.05, 0.1) is 0 Å². The van der Waals surface area contributed by atoms with E-state index in [4.69, 9.17) is 9.88 Å². The number of benzene rings is 1. The minimum absolute atomic E-state index is 0.0481. The molecule has 0 radical (unpaired) electrons. The fourth-order valence-corrected chi connectivity index (χ4v) is 2.43. The molecule has 0 heterocycles. The van der Waals surface area contributed by atoms with Crippen LogP contribution in [-0.2, 0) is 14.8 Å². The van der Waals surface area contributed by atoms with Crippen molar-refractivity contribution in [3.63, 3.8) is 0 Å². The van der Waals surface area contributed by atoms with Gasteiger partial charge in [0.15, 0.2) is 6.61 Å². The van der Waals surface area contributed by atoms with Gasteiger partial charge in [-0.2, -0.15) is 0 Å². The molecule has 18 heavy (non-hydrogen) atoms. The Morgan fingerprint density at radius 1 is 1.50 bits per heavy atom. The third kappa shape index (κ3) is 4.28. The first-order valence-corrected chi connectivity index (χ1v) is 7.40. The zero-order valence-electron chi connectivity index (χ0n) is 9.64. The number of nitrogens with two attached hydrogens (primary N) is 1. The van der Waals surface area contributed by atoms with Crippen LogP contribution in [0.25, 0.3) is 0 Å². The van der Waals surface area contributed by atoms with Gasteiger partial charge < -0.3 is 10.1 Å². The van der Waals surface area contributed by atoms with E-state index < -0.39 is 10.0 Å². The molecule has 0 atom stereocenters. The third-order valence-electron chi connectivity index (χ3n) is 1.94. The molecule has 1 amide bonds. The number of halogens is 1. The molecule has 0 bridgehead atoms. The summed E-state index contributed by atoms with van der Waals surface area (Å²) in [5, 5.41) is 7.59. The Bertz CT molecular complexity index is 545. The number of primary sulfonamides is 1. The molecule has 0 aromatic heterocycles. The normalized spacial score (nSPS) is 11.1. The van der Waals surface area contributed by atoms with Crippen LogP contribution in [0, 0.1) is 0 Å². The first-order valence-electron chi connectivity index (χ1n) is 5.06. The highest BCUT2D eigenvalue weighted by atomic mass is 79.9. The predicted molar refractivity (Wildman–Crippen MR) is 69.7 cm³/mol. The molecule has 0 fully saturated rings. The molecule has 0 aliphatic rings. The number of carbonyl (C=O) groups excluding carboxylic acids is 1. The summed E-state index contributed by atoms with van der Waals surface area (Å²) in [4.78, 5) is 11.1. The van der Waals surface area contributed by atoms with Crippen LogP contribution in [0.3, 0.4) is 0 Å². The van der Waals surface area contributed by atoms with Gasteiger partial charge in [0.1, 0.15) is 10.6 Å². The van der Waals surface area contributed by atoms with Gasteiger partial charge in [0, 0.05) is 11.0 Å². The van der Waals surface area contributed by atoms with Gasteiger partial charge in [-0.25, -0.2) is 13.6 Å². The summed E-state index contributed by atoms with van der Waals surface area (Å²) in [6.45, 7) is 1.98. The maximum absolute atomic E-state index is 11.4. The third-order valence-corrected chi connectivity index (χ3v) is 3.37. The van der Waals surface area contributed by atoms with Gasteiger partial charge in [0.25, 0.3) is 5.91 Å². The average Bonchev–Trinajstić information content (AvgIpc) is 2.26. The van der Waals surface area contributed by atoms with E-state index in [9.17, 15) is 13.2 Å². The van der Waals surface area contributed by atoms with Gasteiger partial charge in [-0.05, 0) is 25.1 Å². The Hall–Kier alpha value is -1.12. The summed E-state index contributed by atoms with van der Waals surface area (Å²) in [7, 11) is -3.90. The number of carbonyl (C=O) groups is 1. The van der Waals surface area contributed by atoms with Crippen molar-refractivity contribution >= 4 is 31.9 Å². The molecular weight excluding hydrogens is 324 g/mol. The molecule has 100 valence electrons. The average molecular weight is 337 g/mol. The summed E-state index contributed by atoms with van der Waals surface area (Å²) in [6, 6.07) is 4.35. The quantitative estimate of drug-likeness (QED) is 0.822. The Morgan fingerprint density at radius 2 is 2.17 bits per heavy atom. The molecule has 1 aromatic rings. The van der Waals surface area contributed by atoms with Crippen LogP contribution in [-0.4, -0.2) is 27.5 Å². The van der Waals surface area contributed by atoms with Crippen molar-refractivity contribution in [2.24, 2.45) is 5.14 Å². The number of hydrogen-bond acceptors (Lipinski definition) is 4. The molecule has 0 spiro atoms. The molecular formula is C10H13BrN2O4S. The van der Waals surface area contributed by atoms with Gasteiger partial charge in [0.2, 0.25) is 10.0 Å². The monoisotopic (exact) mass is 336 g/mol. The number of hydrogen-bond donors (Lipinski definition) is 2. The standard InChI is InChI=1S/C10H13BrN2O4S/c1-2-13-10(14)6-17-8-4-3-7(11)5-9(8)18(12,15)16/h3-5H,2,6H2,1H3,(H,13,14)(H2,12,15,16). The number of amides is 1. The minimum atomic E-state index is -3.90. The summed E-state index contributed by atoms with van der Waals surface area (Å²) < 4.78 is 28.4. The highest BCUT2D eigenvalue weighted by molar-refractivity contribution is 9.10. The zero-order chi connectivity index (χ0) is 13.8. The van der Waals surface area contributed by atoms with Crippen LogP contribution in [0.5, 0.6) is 5.75 Å². The molecule has 0 saturated heterocycles. The second kappa shape index (κ2) is 6.17. The molecule has 1 aromatic carbocycles. The zero-order valence-corrected chi connectivity index (χ0v) is 12.0. The molecule has 0 saturated carbocycles. The molecule has 0 aliphatic carbocycles. The van der Waals surface area contributed by atoms with E-state index in [1.807, 2.05) is 0 Å². The van der Waals surface area contributed by atoms with E-state index in [2.05, 4.69) is 21.2 Å². The fraction of sp³-hybridized carbons (Fsp3) is 0.300. The predicted octanol–water partition coefficient (Wildman–Crippen LogP) is 0.611. The number of likely N-dealkylation sites (N-methyl/N-ethyl adjacent to an activating group) is 1. The van der Waals surface area contributed by atoms with E-state index >= 15 is 0 Å². The van der Waals surface area contributed by atoms with Crippen LogP contribution in [0.2, 0.25) is 0 Å². The lowest BCUT2D eigenvalue weighted by Crippen LogP contribution is -2.28. The van der Waals surface area contributed by atoms with Gasteiger partial charge >= 0.3 is 0 Å². The molecule has 0 unspecified atom stereocenters. The van der Waals surface area contributed by atoms with E-state index in [0.29, 0.717) is 11.0 Å². The lowest BCUT2D eigenvalue weighted by molar-refractivity contribution is -0.123. The lowest BCUT2D eigenvalue weighted by atomic mass is 10.3. The van der Waals surface area contributed by atoms with Crippen molar-refractivity contribution in [2.75, 3.05) is 13.2 Å². The first-order chi connectivity index (χ1) is 8.34. The maximum Gasteiger partial charge on any atom is 0.257 e. The highest BCUT2D eigenvalue weighted by Crippen LogP contribution is 2.26. The van der Waals surface area contributed by atoms with Crippen molar-refractivity contribution < 1.29 is 17.9 Å². The summed E-state index contributed by atoms with van der Waals surface area (Å²) in [5.74, 6) is -0.284. The van der Waals surface area contributed by atoms with Crippen molar-refractivity contribution in [1.82, 2.24) is 5.32 Å². The Balaban J connectivity index is 2.93.